The molecule has 3 rings (SSSR count). The molecule has 1 aliphatic heterocycles. The van der Waals surface area contributed by atoms with Crippen LogP contribution < -0.4 is 15.2 Å². The maximum absolute atomic E-state index is 12.7. The molecule has 2 aromatic rings. The van der Waals surface area contributed by atoms with Crippen LogP contribution in [0.3, 0.4) is 0 Å². The second-order valence-electron chi connectivity index (χ2n) is 5.46. The highest BCUT2D eigenvalue weighted by molar-refractivity contribution is 6.34. The molecule has 1 saturated heterocycles. The zero-order chi connectivity index (χ0) is 18.1. The Morgan fingerprint density at radius 3 is 2.56 bits per heavy atom. The Labute approximate surface area is 154 Å². The Balaban J connectivity index is 1.99. The van der Waals surface area contributed by atoms with Gasteiger partial charge in [0.05, 0.1) is 12.8 Å². The van der Waals surface area contributed by atoms with Crippen molar-refractivity contribution in [2.24, 2.45) is 0 Å². The van der Waals surface area contributed by atoms with Gasteiger partial charge in [-0.15, -0.1) is 0 Å². The second kappa shape index (κ2) is 6.78. The van der Waals surface area contributed by atoms with E-state index < -0.39 is 11.8 Å². The molecule has 1 fully saturated rings. The number of hydrogen-bond donors (Lipinski definition) is 1. The van der Waals surface area contributed by atoms with Gasteiger partial charge in [0, 0.05) is 15.6 Å². The van der Waals surface area contributed by atoms with Gasteiger partial charge < -0.3 is 4.74 Å². The molecule has 5 nitrogen and oxygen atoms in total. The van der Waals surface area contributed by atoms with Crippen molar-refractivity contribution in [2.75, 3.05) is 12.1 Å². The van der Waals surface area contributed by atoms with Crippen molar-refractivity contribution < 1.29 is 14.3 Å². The number of amides is 2. The fraction of sp³-hybridized carbons (Fsp3) is 0.111. The molecule has 0 spiro atoms. The lowest BCUT2D eigenvalue weighted by Gasteiger charge is -2.15. The molecule has 25 heavy (non-hydrogen) atoms. The summed E-state index contributed by atoms with van der Waals surface area (Å²) >= 11 is 12.1. The van der Waals surface area contributed by atoms with Crippen LogP contribution in [0.4, 0.5) is 5.69 Å². The van der Waals surface area contributed by atoms with Gasteiger partial charge in [0.15, 0.2) is 0 Å². The molecule has 2 amide bonds. The number of hydrogen-bond acceptors (Lipinski definition) is 3. The van der Waals surface area contributed by atoms with E-state index in [-0.39, 0.29) is 5.57 Å². The average molecular weight is 377 g/mol. The van der Waals surface area contributed by atoms with Crippen LogP contribution in [-0.2, 0) is 9.59 Å². The maximum Gasteiger partial charge on any atom is 0.282 e. The number of nitrogens with zero attached hydrogens (tertiary/aromatic N) is 1. The number of halogens is 2. The van der Waals surface area contributed by atoms with Crippen molar-refractivity contribution in [2.45, 2.75) is 6.92 Å². The normalized spacial score (nSPS) is 15.7. The van der Waals surface area contributed by atoms with Gasteiger partial charge in [0.2, 0.25) is 0 Å². The Kier molecular flexibility index (Phi) is 4.70. The van der Waals surface area contributed by atoms with E-state index in [1.165, 1.54) is 13.2 Å². The molecule has 1 aliphatic rings. The van der Waals surface area contributed by atoms with Gasteiger partial charge in [-0.05, 0) is 48.9 Å². The number of carbonyl (C=O) groups is 2. The molecule has 0 atom stereocenters. The van der Waals surface area contributed by atoms with Crippen LogP contribution in [0.1, 0.15) is 11.1 Å². The summed E-state index contributed by atoms with van der Waals surface area (Å²) in [5.74, 6) is -0.481. The van der Waals surface area contributed by atoms with E-state index in [9.17, 15) is 9.59 Å². The van der Waals surface area contributed by atoms with Crippen LogP contribution >= 0.6 is 23.2 Å². The maximum atomic E-state index is 12.7. The molecule has 0 aromatic heterocycles. The summed E-state index contributed by atoms with van der Waals surface area (Å²) in [5.41, 5.74) is 4.42. The van der Waals surface area contributed by atoms with Crippen molar-refractivity contribution in [3.8, 4) is 5.75 Å². The SMILES string of the molecule is COc1ccc(Cl)cc1/C=C1\C(=O)NN(c2ccc(C)c(Cl)c2)C1=O. The summed E-state index contributed by atoms with van der Waals surface area (Å²) in [5, 5.41) is 2.14. The standard InChI is InChI=1S/C18H14Cl2N2O3/c1-10-3-5-13(9-15(10)20)22-18(24)14(17(23)21-22)8-11-7-12(19)4-6-16(11)25-2/h3-9H,1-2H3,(H,21,23)/b14-8+. The minimum Gasteiger partial charge on any atom is -0.496 e. The number of aryl methyl sites for hydroxylation is 1. The van der Waals surface area contributed by atoms with Gasteiger partial charge in [0.1, 0.15) is 11.3 Å². The molecule has 0 saturated carbocycles. The summed E-state index contributed by atoms with van der Waals surface area (Å²) in [6.07, 6.45) is 1.46. The highest BCUT2D eigenvalue weighted by Crippen LogP contribution is 2.29. The van der Waals surface area contributed by atoms with Gasteiger partial charge in [-0.25, -0.2) is 5.01 Å². The molecule has 0 bridgehead atoms. The number of carbonyl (C=O) groups excluding carboxylic acids is 2. The quantitative estimate of drug-likeness (QED) is 0.655. The summed E-state index contributed by atoms with van der Waals surface area (Å²) in [6, 6.07) is 10.1. The number of methoxy groups -OCH3 is 1. The summed E-state index contributed by atoms with van der Waals surface area (Å²) in [6.45, 7) is 1.85. The third kappa shape index (κ3) is 3.34. The van der Waals surface area contributed by atoms with Gasteiger partial charge in [0.25, 0.3) is 11.8 Å². The number of ether oxygens (including phenoxy) is 1. The molecule has 7 heteroatoms. The lowest BCUT2D eigenvalue weighted by molar-refractivity contribution is -0.117. The van der Waals surface area contributed by atoms with E-state index in [2.05, 4.69) is 5.43 Å². The zero-order valence-corrected chi connectivity index (χ0v) is 15.0. The Morgan fingerprint density at radius 2 is 1.88 bits per heavy atom. The van der Waals surface area contributed by atoms with E-state index in [4.69, 9.17) is 27.9 Å². The number of benzene rings is 2. The van der Waals surface area contributed by atoms with Crippen LogP contribution in [0.25, 0.3) is 6.08 Å². The van der Waals surface area contributed by atoms with Gasteiger partial charge in [-0.2, -0.15) is 0 Å². The van der Waals surface area contributed by atoms with Crippen LogP contribution in [0.2, 0.25) is 10.0 Å². The van der Waals surface area contributed by atoms with Crippen LogP contribution in [-0.4, -0.2) is 18.9 Å². The second-order valence-corrected chi connectivity index (χ2v) is 6.30. The molecule has 0 aliphatic carbocycles. The highest BCUT2D eigenvalue weighted by Gasteiger charge is 2.34. The van der Waals surface area contributed by atoms with Crippen LogP contribution in [0.5, 0.6) is 5.75 Å². The van der Waals surface area contributed by atoms with E-state index in [1.807, 2.05) is 6.92 Å². The van der Waals surface area contributed by atoms with Crippen LogP contribution in [0.15, 0.2) is 42.0 Å². The first-order valence-corrected chi connectivity index (χ1v) is 8.13. The molecule has 0 radical (unpaired) electrons. The van der Waals surface area contributed by atoms with Crippen molar-refractivity contribution in [3.05, 3.63) is 63.1 Å². The van der Waals surface area contributed by atoms with Crippen LogP contribution in [0, 0.1) is 6.92 Å². The summed E-state index contributed by atoms with van der Waals surface area (Å²) in [7, 11) is 1.50. The lowest BCUT2D eigenvalue weighted by atomic mass is 10.1. The third-order valence-corrected chi connectivity index (χ3v) is 4.44. The monoisotopic (exact) mass is 376 g/mol. The zero-order valence-electron chi connectivity index (χ0n) is 13.5. The summed E-state index contributed by atoms with van der Waals surface area (Å²) in [4.78, 5) is 24.9. The average Bonchev–Trinajstić information content (AvgIpc) is 2.86. The fourth-order valence-corrected chi connectivity index (χ4v) is 2.79. The summed E-state index contributed by atoms with van der Waals surface area (Å²) < 4.78 is 5.24. The fourth-order valence-electron chi connectivity index (χ4n) is 2.43. The molecular formula is C18H14Cl2N2O3. The number of hydrazine groups is 1. The largest absolute Gasteiger partial charge is 0.496 e. The predicted octanol–water partition coefficient (Wildman–Crippen LogP) is 3.77. The van der Waals surface area contributed by atoms with Gasteiger partial charge >= 0.3 is 0 Å². The van der Waals surface area contributed by atoms with Crippen molar-refractivity contribution in [3.63, 3.8) is 0 Å². The molecule has 2 aromatic carbocycles. The minimum absolute atomic E-state index is 0.0164. The first-order valence-electron chi connectivity index (χ1n) is 7.37. The molecule has 0 unspecified atom stereocenters. The number of rotatable bonds is 3. The highest BCUT2D eigenvalue weighted by atomic mass is 35.5. The van der Waals surface area contributed by atoms with E-state index >= 15 is 0 Å². The predicted molar refractivity (Wildman–Crippen MR) is 97.8 cm³/mol. The lowest BCUT2D eigenvalue weighted by Crippen LogP contribution is -2.35. The topological polar surface area (TPSA) is 58.6 Å². The van der Waals surface area contributed by atoms with Crippen molar-refractivity contribution in [1.29, 1.82) is 0 Å². The Hall–Kier alpha value is -2.50. The Bertz CT molecular complexity index is 909. The third-order valence-electron chi connectivity index (χ3n) is 3.80. The van der Waals surface area contributed by atoms with E-state index in [0.29, 0.717) is 27.0 Å². The van der Waals surface area contributed by atoms with Crippen molar-refractivity contribution in [1.82, 2.24) is 5.43 Å². The molecule has 1 N–H and O–H groups in total. The van der Waals surface area contributed by atoms with Gasteiger partial charge in [-0.1, -0.05) is 29.3 Å². The minimum atomic E-state index is -0.510. The number of anilines is 1. The first kappa shape index (κ1) is 17.3. The van der Waals surface area contributed by atoms with Crippen molar-refractivity contribution >= 4 is 46.8 Å². The molecule has 1 heterocycles. The molecular weight excluding hydrogens is 363 g/mol. The Morgan fingerprint density at radius 1 is 1.12 bits per heavy atom. The first-order chi connectivity index (χ1) is 11.9. The molecule has 128 valence electrons. The van der Waals surface area contributed by atoms with E-state index in [1.54, 1.807) is 36.4 Å². The smallest absolute Gasteiger partial charge is 0.282 e. The van der Waals surface area contributed by atoms with Gasteiger partial charge in [-0.3, -0.25) is 15.0 Å². The van der Waals surface area contributed by atoms with E-state index in [0.717, 1.165) is 10.6 Å². The number of nitrogens with one attached hydrogen (secondary N) is 1.